The molecule has 0 N–H and O–H groups in total. The van der Waals surface area contributed by atoms with Crippen molar-refractivity contribution >= 4 is 10.0 Å². The van der Waals surface area contributed by atoms with Gasteiger partial charge in [0.25, 0.3) is 0 Å². The molecule has 0 aliphatic carbocycles. The zero-order valence-electron chi connectivity index (χ0n) is 9.17. The van der Waals surface area contributed by atoms with E-state index >= 15 is 0 Å². The van der Waals surface area contributed by atoms with E-state index in [4.69, 9.17) is 9.78 Å². The van der Waals surface area contributed by atoms with Crippen LogP contribution in [0.1, 0.15) is 17.9 Å². The third-order valence-electron chi connectivity index (χ3n) is 2.02. The number of nitrogens with zero attached hydrogens (tertiary/aromatic N) is 3. The molecule has 0 radical (unpaired) electrons. The average Bonchev–Trinajstić information content (AvgIpc) is 2.59. The van der Waals surface area contributed by atoms with Gasteiger partial charge in [0.05, 0.1) is 6.07 Å². The highest BCUT2D eigenvalue weighted by Crippen LogP contribution is 2.09. The lowest BCUT2D eigenvalue weighted by Gasteiger charge is -2.14. The molecule has 0 aliphatic heterocycles. The van der Waals surface area contributed by atoms with E-state index < -0.39 is 10.0 Å². The van der Waals surface area contributed by atoms with Gasteiger partial charge in [0.1, 0.15) is 17.2 Å². The Bertz CT molecular complexity index is 486. The maximum absolute atomic E-state index is 11.7. The first kappa shape index (κ1) is 12.7. The van der Waals surface area contributed by atoms with Gasteiger partial charge in [-0.3, -0.25) is 0 Å². The Hall–Kier alpha value is -1.39. The smallest absolute Gasteiger partial charge is 0.219 e. The van der Waals surface area contributed by atoms with Gasteiger partial charge < -0.3 is 4.52 Å². The molecule has 88 valence electrons. The van der Waals surface area contributed by atoms with Gasteiger partial charge in [0.15, 0.2) is 0 Å². The molecule has 0 unspecified atom stereocenters. The first-order chi connectivity index (χ1) is 7.45. The second-order valence-electron chi connectivity index (χ2n) is 3.41. The van der Waals surface area contributed by atoms with Crippen molar-refractivity contribution in [1.29, 1.82) is 5.26 Å². The Morgan fingerprint density at radius 2 is 2.31 bits per heavy atom. The lowest BCUT2D eigenvalue weighted by atomic mass is 10.4. The van der Waals surface area contributed by atoms with Crippen LogP contribution in [-0.2, 0) is 15.8 Å². The summed E-state index contributed by atoms with van der Waals surface area (Å²) < 4.78 is 29.4. The zero-order valence-corrected chi connectivity index (χ0v) is 9.99. The topological polar surface area (TPSA) is 87.2 Å². The van der Waals surface area contributed by atoms with Crippen LogP contribution in [0.4, 0.5) is 0 Å². The Morgan fingerprint density at radius 3 is 2.81 bits per heavy atom. The van der Waals surface area contributed by atoms with Crippen LogP contribution in [-0.4, -0.2) is 31.5 Å². The molecule has 0 atom stereocenters. The monoisotopic (exact) mass is 243 g/mol. The third-order valence-corrected chi connectivity index (χ3v) is 3.81. The molecule has 0 saturated carbocycles. The van der Waals surface area contributed by atoms with E-state index in [0.717, 1.165) is 4.31 Å². The summed E-state index contributed by atoms with van der Waals surface area (Å²) in [5, 5.41) is 12.0. The SMILES string of the molecule is Cc1cc(CS(=O)(=O)N(C)CCC#N)no1. The van der Waals surface area contributed by atoms with Crippen molar-refractivity contribution in [2.45, 2.75) is 19.1 Å². The Kier molecular flexibility index (Phi) is 4.04. The van der Waals surface area contributed by atoms with Gasteiger partial charge in [-0.15, -0.1) is 0 Å². The summed E-state index contributed by atoms with van der Waals surface area (Å²) in [5.41, 5.74) is 0.376. The van der Waals surface area contributed by atoms with Crippen LogP contribution in [0.5, 0.6) is 0 Å². The molecule has 1 aromatic heterocycles. The van der Waals surface area contributed by atoms with Crippen molar-refractivity contribution in [2.75, 3.05) is 13.6 Å². The maximum atomic E-state index is 11.7. The molecule has 0 aliphatic rings. The minimum atomic E-state index is -3.41. The fraction of sp³-hybridized carbons (Fsp3) is 0.556. The van der Waals surface area contributed by atoms with E-state index in [1.54, 1.807) is 13.0 Å². The number of rotatable bonds is 5. The first-order valence-corrected chi connectivity index (χ1v) is 6.30. The second-order valence-corrected chi connectivity index (χ2v) is 5.49. The van der Waals surface area contributed by atoms with E-state index in [0.29, 0.717) is 11.5 Å². The van der Waals surface area contributed by atoms with Crippen molar-refractivity contribution < 1.29 is 12.9 Å². The molecule has 1 aromatic rings. The Morgan fingerprint density at radius 1 is 1.62 bits per heavy atom. The van der Waals surface area contributed by atoms with Crippen LogP contribution in [0.25, 0.3) is 0 Å². The van der Waals surface area contributed by atoms with E-state index in [1.807, 2.05) is 6.07 Å². The predicted molar refractivity (Wildman–Crippen MR) is 56.7 cm³/mol. The molecule has 0 aromatic carbocycles. The van der Waals surface area contributed by atoms with Crippen molar-refractivity contribution in [3.05, 3.63) is 17.5 Å². The fourth-order valence-electron chi connectivity index (χ4n) is 1.13. The van der Waals surface area contributed by atoms with Crippen molar-refractivity contribution in [2.24, 2.45) is 0 Å². The van der Waals surface area contributed by atoms with Gasteiger partial charge in [0, 0.05) is 26.1 Å². The lowest BCUT2D eigenvalue weighted by molar-refractivity contribution is 0.391. The molecule has 0 fully saturated rings. The molecule has 1 heterocycles. The quantitative estimate of drug-likeness (QED) is 0.758. The summed E-state index contributed by atoms with van der Waals surface area (Å²) in [5.74, 6) is 0.372. The fourth-order valence-corrected chi connectivity index (χ4v) is 2.23. The van der Waals surface area contributed by atoms with Crippen LogP contribution in [0, 0.1) is 18.3 Å². The van der Waals surface area contributed by atoms with E-state index in [2.05, 4.69) is 5.16 Å². The molecule has 6 nitrogen and oxygen atoms in total. The van der Waals surface area contributed by atoms with Crippen molar-refractivity contribution in [3.63, 3.8) is 0 Å². The average molecular weight is 243 g/mol. The normalized spacial score (nSPS) is 11.6. The van der Waals surface area contributed by atoms with Crippen LogP contribution in [0.2, 0.25) is 0 Å². The standard InChI is InChI=1S/C9H13N3O3S/c1-8-6-9(11-15-8)7-16(13,14)12(2)5-3-4-10/h6H,3,5,7H2,1-2H3. The van der Waals surface area contributed by atoms with Crippen LogP contribution in [0.3, 0.4) is 0 Å². The summed E-state index contributed by atoms with van der Waals surface area (Å²) in [6, 6.07) is 3.48. The van der Waals surface area contributed by atoms with Crippen LogP contribution >= 0.6 is 0 Å². The van der Waals surface area contributed by atoms with Gasteiger partial charge in [0.2, 0.25) is 10.0 Å². The zero-order chi connectivity index (χ0) is 12.2. The predicted octanol–water partition coefficient (Wildman–Crippen LogP) is 0.658. The van der Waals surface area contributed by atoms with Crippen molar-refractivity contribution in [3.8, 4) is 6.07 Å². The first-order valence-electron chi connectivity index (χ1n) is 4.69. The van der Waals surface area contributed by atoms with Gasteiger partial charge in [-0.1, -0.05) is 5.16 Å². The summed E-state index contributed by atoms with van der Waals surface area (Å²) in [7, 11) is -1.97. The van der Waals surface area contributed by atoms with Gasteiger partial charge in [-0.05, 0) is 6.92 Å². The number of hydrogen-bond acceptors (Lipinski definition) is 5. The van der Waals surface area contributed by atoms with Crippen molar-refractivity contribution in [1.82, 2.24) is 9.46 Å². The molecular formula is C9H13N3O3S. The largest absolute Gasteiger partial charge is 0.361 e. The molecule has 0 spiro atoms. The highest BCUT2D eigenvalue weighted by Gasteiger charge is 2.19. The summed E-state index contributed by atoms with van der Waals surface area (Å²) in [6.07, 6.45) is 0.174. The number of sulfonamides is 1. The van der Waals surface area contributed by atoms with Gasteiger partial charge >= 0.3 is 0 Å². The summed E-state index contributed by atoms with van der Waals surface area (Å²) >= 11 is 0. The summed E-state index contributed by atoms with van der Waals surface area (Å²) in [6.45, 7) is 1.89. The minimum Gasteiger partial charge on any atom is -0.361 e. The second kappa shape index (κ2) is 5.09. The molecule has 1 rings (SSSR count). The Balaban J connectivity index is 2.68. The number of aromatic nitrogens is 1. The van der Waals surface area contributed by atoms with Crippen LogP contribution < -0.4 is 0 Å². The minimum absolute atomic E-state index is 0.174. The Labute approximate surface area is 94.5 Å². The number of nitriles is 1. The molecule has 0 saturated heterocycles. The van der Waals surface area contributed by atoms with Gasteiger partial charge in [-0.2, -0.15) is 5.26 Å². The molecule has 0 bridgehead atoms. The highest BCUT2D eigenvalue weighted by atomic mass is 32.2. The lowest BCUT2D eigenvalue weighted by Crippen LogP contribution is -2.29. The third kappa shape index (κ3) is 3.32. The summed E-state index contributed by atoms with van der Waals surface area (Å²) in [4.78, 5) is 0. The molecular weight excluding hydrogens is 230 g/mol. The van der Waals surface area contributed by atoms with E-state index in [1.165, 1.54) is 7.05 Å². The van der Waals surface area contributed by atoms with Crippen LogP contribution in [0.15, 0.2) is 10.6 Å². The number of hydrogen-bond donors (Lipinski definition) is 0. The van der Waals surface area contributed by atoms with Gasteiger partial charge in [-0.25, -0.2) is 12.7 Å². The highest BCUT2D eigenvalue weighted by molar-refractivity contribution is 7.88. The van der Waals surface area contributed by atoms with E-state index in [9.17, 15) is 8.42 Å². The maximum Gasteiger partial charge on any atom is 0.219 e. The molecule has 0 amide bonds. The number of aryl methyl sites for hydroxylation is 1. The molecule has 7 heteroatoms. The molecule has 16 heavy (non-hydrogen) atoms. The van der Waals surface area contributed by atoms with E-state index in [-0.39, 0.29) is 18.7 Å².